The van der Waals surface area contributed by atoms with E-state index in [0.29, 0.717) is 5.69 Å². The number of para-hydroxylation sites is 1. The van der Waals surface area contributed by atoms with Gasteiger partial charge >= 0.3 is 5.97 Å². The summed E-state index contributed by atoms with van der Waals surface area (Å²) in [4.78, 5) is 35.6. The number of hydrogen-bond donors (Lipinski definition) is 3. The van der Waals surface area contributed by atoms with Gasteiger partial charge in [-0.15, -0.1) is 0 Å². The average Bonchev–Trinajstić information content (AvgIpc) is 2.78. The lowest BCUT2D eigenvalue weighted by molar-refractivity contribution is -0.139. The Bertz CT molecular complexity index is 1180. The number of methoxy groups -OCH3 is 1. The number of anilines is 1. The fourth-order valence-electron chi connectivity index (χ4n) is 3.36. The number of halogens is 1. The predicted octanol–water partition coefficient (Wildman–Crippen LogP) is 4.40. The van der Waals surface area contributed by atoms with Gasteiger partial charge < -0.3 is 20.5 Å². The molecule has 8 heteroatoms. The quantitative estimate of drug-likeness (QED) is 0.456. The molecule has 0 saturated heterocycles. The van der Waals surface area contributed by atoms with Gasteiger partial charge in [0.15, 0.2) is 0 Å². The molecule has 0 radical (unpaired) electrons. The van der Waals surface area contributed by atoms with Crippen LogP contribution in [0.1, 0.15) is 22.8 Å². The molecular formula is C25H23ClN2O5. The molecule has 0 saturated carbocycles. The van der Waals surface area contributed by atoms with E-state index in [-0.39, 0.29) is 22.9 Å². The third-order valence-electron chi connectivity index (χ3n) is 4.95. The highest BCUT2D eigenvalue weighted by Crippen LogP contribution is 2.29. The highest BCUT2D eigenvalue weighted by molar-refractivity contribution is 6.34. The third kappa shape index (κ3) is 6.11. The van der Waals surface area contributed by atoms with Crippen LogP contribution in [-0.4, -0.2) is 36.0 Å². The summed E-state index contributed by atoms with van der Waals surface area (Å²) in [5.41, 5.74) is 3.15. The monoisotopic (exact) mass is 466 g/mol. The van der Waals surface area contributed by atoms with Crippen LogP contribution in [0.25, 0.3) is 11.1 Å². The second-order valence-corrected chi connectivity index (χ2v) is 7.75. The topological polar surface area (TPSA) is 105 Å². The lowest BCUT2D eigenvalue weighted by Gasteiger charge is -2.16. The molecule has 33 heavy (non-hydrogen) atoms. The van der Waals surface area contributed by atoms with Gasteiger partial charge in [-0.05, 0) is 35.4 Å². The van der Waals surface area contributed by atoms with E-state index in [4.69, 9.17) is 16.3 Å². The van der Waals surface area contributed by atoms with Crippen molar-refractivity contribution in [2.24, 2.45) is 0 Å². The average molecular weight is 467 g/mol. The van der Waals surface area contributed by atoms with Gasteiger partial charge in [0, 0.05) is 24.6 Å². The Kier molecular flexibility index (Phi) is 7.69. The molecule has 2 amide bonds. The van der Waals surface area contributed by atoms with E-state index < -0.39 is 17.9 Å². The van der Waals surface area contributed by atoms with Gasteiger partial charge in [-0.25, -0.2) is 4.79 Å². The molecule has 0 unspecified atom stereocenters. The number of carbonyl (C=O) groups excluding carboxylic acids is 2. The zero-order valence-corrected chi connectivity index (χ0v) is 18.8. The highest BCUT2D eigenvalue weighted by Gasteiger charge is 2.22. The number of nitrogens with one attached hydrogen (secondary N) is 2. The molecule has 3 aromatic rings. The van der Waals surface area contributed by atoms with Crippen LogP contribution in [-0.2, 0) is 16.0 Å². The maximum atomic E-state index is 12.7. The van der Waals surface area contributed by atoms with Gasteiger partial charge in [0.05, 0.1) is 17.7 Å². The molecular weight excluding hydrogens is 444 g/mol. The maximum Gasteiger partial charge on any atom is 0.326 e. The van der Waals surface area contributed by atoms with Crippen molar-refractivity contribution in [3.8, 4) is 16.9 Å². The molecule has 0 bridgehead atoms. The van der Waals surface area contributed by atoms with E-state index in [2.05, 4.69) is 10.6 Å². The number of carboxylic acid groups (broad SMARTS) is 1. The standard InChI is InChI=1S/C25H23ClN2O5/c1-15(29)27-18-11-12-20(21(26)14-18)24(30)28-22(25(31)32)13-16-7-9-17(10-8-16)19-5-3-4-6-23(19)33-2/h3-12,14,22H,13H2,1-2H3,(H,27,29)(H,28,30)(H,31,32)/t22-/m0/s1. The number of rotatable bonds is 8. The van der Waals surface area contributed by atoms with Crippen molar-refractivity contribution < 1.29 is 24.2 Å². The van der Waals surface area contributed by atoms with Gasteiger partial charge in [0.1, 0.15) is 11.8 Å². The summed E-state index contributed by atoms with van der Waals surface area (Å²) < 4.78 is 5.39. The van der Waals surface area contributed by atoms with Crippen LogP contribution in [0.2, 0.25) is 5.02 Å². The molecule has 0 aliphatic rings. The molecule has 1 atom stereocenters. The van der Waals surface area contributed by atoms with E-state index in [0.717, 1.165) is 22.4 Å². The van der Waals surface area contributed by atoms with Crippen LogP contribution in [0.5, 0.6) is 5.75 Å². The number of carbonyl (C=O) groups is 3. The van der Waals surface area contributed by atoms with E-state index in [1.54, 1.807) is 7.11 Å². The first-order valence-corrected chi connectivity index (χ1v) is 10.5. The molecule has 0 aromatic heterocycles. The van der Waals surface area contributed by atoms with Crippen LogP contribution in [0.4, 0.5) is 5.69 Å². The van der Waals surface area contributed by atoms with Crippen molar-refractivity contribution in [1.82, 2.24) is 5.32 Å². The molecule has 3 aromatic carbocycles. The molecule has 0 aliphatic carbocycles. The predicted molar refractivity (Wildman–Crippen MR) is 127 cm³/mol. The Morgan fingerprint density at radius 3 is 2.33 bits per heavy atom. The minimum absolute atomic E-state index is 0.0921. The van der Waals surface area contributed by atoms with E-state index >= 15 is 0 Å². The molecule has 0 aliphatic heterocycles. The molecule has 0 fully saturated rings. The molecule has 7 nitrogen and oxygen atoms in total. The third-order valence-corrected chi connectivity index (χ3v) is 5.26. The minimum atomic E-state index is -1.16. The van der Waals surface area contributed by atoms with E-state index in [9.17, 15) is 19.5 Å². The second kappa shape index (κ2) is 10.7. The number of benzene rings is 3. The zero-order valence-electron chi connectivity index (χ0n) is 18.1. The first-order valence-electron chi connectivity index (χ1n) is 10.1. The van der Waals surface area contributed by atoms with Crippen LogP contribution in [0, 0.1) is 0 Å². The van der Waals surface area contributed by atoms with Crippen molar-refractivity contribution in [2.75, 3.05) is 12.4 Å². The molecule has 0 heterocycles. The van der Waals surface area contributed by atoms with Crippen molar-refractivity contribution in [2.45, 2.75) is 19.4 Å². The molecule has 170 valence electrons. The first-order chi connectivity index (χ1) is 15.8. The van der Waals surface area contributed by atoms with Crippen LogP contribution in [0.3, 0.4) is 0 Å². The largest absolute Gasteiger partial charge is 0.496 e. The summed E-state index contributed by atoms with van der Waals surface area (Å²) in [7, 11) is 1.60. The van der Waals surface area contributed by atoms with Crippen LogP contribution in [0.15, 0.2) is 66.7 Å². The van der Waals surface area contributed by atoms with Gasteiger partial charge in [-0.3, -0.25) is 9.59 Å². The fraction of sp³-hybridized carbons (Fsp3) is 0.160. The molecule has 3 rings (SSSR count). The molecule has 3 N–H and O–H groups in total. The normalized spacial score (nSPS) is 11.4. The van der Waals surface area contributed by atoms with E-state index in [1.807, 2.05) is 48.5 Å². The Hall–Kier alpha value is -3.84. The number of ether oxygens (including phenoxy) is 1. The van der Waals surface area contributed by atoms with Gasteiger partial charge in [-0.1, -0.05) is 54.1 Å². The number of amides is 2. The highest BCUT2D eigenvalue weighted by atomic mass is 35.5. The summed E-state index contributed by atoms with van der Waals surface area (Å²) in [6, 6.07) is 18.2. The van der Waals surface area contributed by atoms with Crippen molar-refractivity contribution >= 4 is 35.1 Å². The smallest absolute Gasteiger partial charge is 0.326 e. The Balaban J connectivity index is 1.73. The maximum absolute atomic E-state index is 12.7. The Labute approximate surface area is 196 Å². The molecule has 0 spiro atoms. The fourth-order valence-corrected chi connectivity index (χ4v) is 3.62. The first kappa shape index (κ1) is 23.8. The summed E-state index contributed by atoms with van der Waals surface area (Å²) in [6.45, 7) is 1.36. The summed E-state index contributed by atoms with van der Waals surface area (Å²) in [6.07, 6.45) is 0.0921. The van der Waals surface area contributed by atoms with Gasteiger partial charge in [-0.2, -0.15) is 0 Å². The van der Waals surface area contributed by atoms with Gasteiger partial charge in [0.25, 0.3) is 5.91 Å². The summed E-state index contributed by atoms with van der Waals surface area (Å²) in [5.74, 6) is -1.32. The van der Waals surface area contributed by atoms with Crippen molar-refractivity contribution in [1.29, 1.82) is 0 Å². The minimum Gasteiger partial charge on any atom is -0.496 e. The number of carboxylic acids is 1. The number of hydrogen-bond acceptors (Lipinski definition) is 4. The Morgan fingerprint density at radius 1 is 1.03 bits per heavy atom. The zero-order chi connectivity index (χ0) is 24.0. The van der Waals surface area contributed by atoms with Crippen molar-refractivity contribution in [3.63, 3.8) is 0 Å². The lowest BCUT2D eigenvalue weighted by atomic mass is 10.00. The summed E-state index contributed by atoms with van der Waals surface area (Å²) >= 11 is 6.16. The summed E-state index contributed by atoms with van der Waals surface area (Å²) in [5, 5.41) is 14.8. The Morgan fingerprint density at radius 2 is 1.73 bits per heavy atom. The SMILES string of the molecule is COc1ccccc1-c1ccc(C[C@H](NC(=O)c2ccc(NC(C)=O)cc2Cl)C(=O)O)cc1. The van der Waals surface area contributed by atoms with Crippen LogP contribution < -0.4 is 15.4 Å². The van der Waals surface area contributed by atoms with Crippen LogP contribution >= 0.6 is 11.6 Å². The second-order valence-electron chi connectivity index (χ2n) is 7.34. The van der Waals surface area contributed by atoms with E-state index in [1.165, 1.54) is 25.1 Å². The number of aliphatic carboxylic acids is 1. The lowest BCUT2D eigenvalue weighted by Crippen LogP contribution is -2.42. The van der Waals surface area contributed by atoms with Crippen molar-refractivity contribution in [3.05, 3.63) is 82.9 Å². The van der Waals surface area contributed by atoms with Gasteiger partial charge in [0.2, 0.25) is 5.91 Å².